The Labute approximate surface area is 233 Å². The van der Waals surface area contributed by atoms with Crippen molar-refractivity contribution in [2.45, 2.75) is 13.1 Å². The lowest BCUT2D eigenvalue weighted by molar-refractivity contribution is 0.492. The van der Waals surface area contributed by atoms with Gasteiger partial charge in [-0.25, -0.2) is 8.42 Å². The van der Waals surface area contributed by atoms with Crippen LogP contribution in [0.3, 0.4) is 0 Å². The van der Waals surface area contributed by atoms with Gasteiger partial charge in [-0.05, 0) is 35.9 Å². The van der Waals surface area contributed by atoms with Crippen LogP contribution in [0.2, 0.25) is 0 Å². The van der Waals surface area contributed by atoms with Gasteiger partial charge in [0.1, 0.15) is 15.6 Å². The van der Waals surface area contributed by atoms with Crippen LogP contribution in [0.5, 0.6) is 0 Å². The van der Waals surface area contributed by atoms with Crippen LogP contribution >= 0.6 is 0 Å². The maximum absolute atomic E-state index is 11.3. The molecular weight excluding hydrogens is 524 g/mol. The molecule has 0 saturated carbocycles. The monoisotopic (exact) mass is 554 g/mol. The second-order valence-electron chi connectivity index (χ2n) is 9.82. The second-order valence-corrected chi connectivity index (χ2v) is 12.1. The van der Waals surface area contributed by atoms with Crippen LogP contribution in [0.15, 0.2) is 119 Å². The van der Waals surface area contributed by atoms with E-state index < -0.39 is 9.84 Å². The Morgan fingerprint density at radius 3 is 2.77 bits per heavy atom. The third kappa shape index (κ3) is 5.88. The number of hydrogen-bond acceptors (Lipinski definition) is 8. The molecule has 0 amide bonds. The van der Waals surface area contributed by atoms with Gasteiger partial charge < -0.3 is 20.4 Å². The molecule has 40 heavy (non-hydrogen) atoms. The summed E-state index contributed by atoms with van der Waals surface area (Å²) in [4.78, 5) is 1.93. The number of sulfone groups is 1. The first-order chi connectivity index (χ1) is 19.4. The van der Waals surface area contributed by atoms with Crippen molar-refractivity contribution in [3.8, 4) is 0 Å². The number of nitrogens with one attached hydrogen (secondary N) is 3. The van der Waals surface area contributed by atoms with Gasteiger partial charge in [-0.3, -0.25) is 9.58 Å². The summed E-state index contributed by atoms with van der Waals surface area (Å²) < 4.78 is 30.7. The average Bonchev–Trinajstić information content (AvgIpc) is 3.58. The standard InChI is InChI=1S/C30H30N6O3S/c1-40(37,38)14-12-31-18-26-8-10-30(39-26)35-13-11-23-16-32-19-28(27(23)21-35)34-25-7-9-29-24(15-25)17-33-36(29)20-22-5-3-2-4-6-22/h2-11,13,15-17,19,21,31-32,34H,12,14,18,20H2,1H3. The molecule has 0 radical (unpaired) electrons. The van der Waals surface area contributed by atoms with Gasteiger partial charge >= 0.3 is 0 Å². The lowest BCUT2D eigenvalue weighted by atomic mass is 10.0. The Bertz CT molecular complexity index is 1760. The number of fused-ring (bicyclic) bond motifs is 2. The highest BCUT2D eigenvalue weighted by Crippen LogP contribution is 2.32. The number of anilines is 2. The Hall–Kier alpha value is -4.54. The lowest BCUT2D eigenvalue weighted by Gasteiger charge is -2.26. The molecular formula is C30H30N6O3S. The normalized spacial score (nSPS) is 14.8. The molecule has 6 rings (SSSR count). The van der Waals surface area contributed by atoms with Crippen LogP contribution in [0.4, 0.5) is 11.6 Å². The smallest absolute Gasteiger partial charge is 0.203 e. The number of hydrogen-bond donors (Lipinski definition) is 3. The van der Waals surface area contributed by atoms with E-state index in [0.717, 1.165) is 45.7 Å². The number of dihydropyridines is 1. The third-order valence-electron chi connectivity index (χ3n) is 6.70. The van der Waals surface area contributed by atoms with E-state index in [2.05, 4.69) is 51.4 Å². The van der Waals surface area contributed by atoms with Crippen LogP contribution < -0.4 is 20.9 Å². The molecule has 0 bridgehead atoms. The number of furan rings is 1. The van der Waals surface area contributed by atoms with Gasteiger partial charge in [-0.2, -0.15) is 5.10 Å². The fourth-order valence-electron chi connectivity index (χ4n) is 4.66. The van der Waals surface area contributed by atoms with Gasteiger partial charge in [0.25, 0.3) is 0 Å². The van der Waals surface area contributed by atoms with Crippen molar-refractivity contribution in [1.82, 2.24) is 20.4 Å². The van der Waals surface area contributed by atoms with Crippen molar-refractivity contribution >= 4 is 32.3 Å². The SMILES string of the molecule is CS(=O)(=O)CCNCc1ccc(N2C=CC3=CNC=C(Nc4ccc5c(cnn5Cc5ccccc5)c4)C3=C2)o1. The molecule has 2 aliphatic heterocycles. The highest BCUT2D eigenvalue weighted by atomic mass is 32.2. The van der Waals surface area contributed by atoms with E-state index in [0.29, 0.717) is 19.0 Å². The summed E-state index contributed by atoms with van der Waals surface area (Å²) in [6.07, 6.45) is 13.0. The Morgan fingerprint density at radius 2 is 1.93 bits per heavy atom. The summed E-state index contributed by atoms with van der Waals surface area (Å²) in [5.74, 6) is 1.50. The minimum Gasteiger partial charge on any atom is -0.443 e. The topological polar surface area (TPSA) is 104 Å². The zero-order chi connectivity index (χ0) is 27.5. The fourth-order valence-corrected chi connectivity index (χ4v) is 5.18. The molecule has 10 heteroatoms. The second kappa shape index (κ2) is 10.9. The van der Waals surface area contributed by atoms with E-state index in [-0.39, 0.29) is 5.75 Å². The molecule has 2 aromatic carbocycles. The molecule has 9 nitrogen and oxygen atoms in total. The molecule has 204 valence electrons. The van der Waals surface area contributed by atoms with Crippen molar-refractivity contribution in [1.29, 1.82) is 0 Å². The van der Waals surface area contributed by atoms with Crippen molar-refractivity contribution < 1.29 is 12.8 Å². The Kier molecular flexibility index (Phi) is 7.02. The molecule has 2 aromatic heterocycles. The third-order valence-corrected chi connectivity index (χ3v) is 7.64. The molecule has 0 saturated heterocycles. The summed E-state index contributed by atoms with van der Waals surface area (Å²) in [6.45, 7) is 1.56. The molecule has 0 aliphatic carbocycles. The fraction of sp³-hybridized carbons (Fsp3) is 0.167. The van der Waals surface area contributed by atoms with Crippen LogP contribution in [0.25, 0.3) is 10.9 Å². The molecule has 0 spiro atoms. The summed E-state index contributed by atoms with van der Waals surface area (Å²) in [7, 11) is -3.00. The van der Waals surface area contributed by atoms with Crippen molar-refractivity contribution in [2.24, 2.45) is 0 Å². The highest BCUT2D eigenvalue weighted by Gasteiger charge is 2.20. The molecule has 0 fully saturated rings. The van der Waals surface area contributed by atoms with Gasteiger partial charge in [-0.15, -0.1) is 0 Å². The summed E-state index contributed by atoms with van der Waals surface area (Å²) in [5, 5.41) is 15.6. The predicted molar refractivity (Wildman–Crippen MR) is 158 cm³/mol. The van der Waals surface area contributed by atoms with E-state index in [9.17, 15) is 8.42 Å². The van der Waals surface area contributed by atoms with Crippen LogP contribution in [0, 0.1) is 0 Å². The number of aromatic nitrogens is 2. The molecule has 4 aromatic rings. The van der Waals surface area contributed by atoms with Gasteiger partial charge in [0.2, 0.25) is 5.88 Å². The molecule has 3 N–H and O–H groups in total. The van der Waals surface area contributed by atoms with Crippen molar-refractivity contribution in [3.63, 3.8) is 0 Å². The molecule has 0 unspecified atom stereocenters. The number of allylic oxidation sites excluding steroid dienone is 2. The van der Waals surface area contributed by atoms with E-state index in [1.807, 2.05) is 77.0 Å². The first-order valence-corrected chi connectivity index (χ1v) is 15.1. The largest absolute Gasteiger partial charge is 0.443 e. The van der Waals surface area contributed by atoms with Crippen LogP contribution in [-0.4, -0.2) is 36.8 Å². The van der Waals surface area contributed by atoms with E-state index in [1.54, 1.807) is 0 Å². The Morgan fingerprint density at radius 1 is 1.05 bits per heavy atom. The lowest BCUT2D eigenvalue weighted by Crippen LogP contribution is -2.21. The Balaban J connectivity index is 1.15. The van der Waals surface area contributed by atoms with Gasteiger partial charge in [0, 0.05) is 65.9 Å². The maximum Gasteiger partial charge on any atom is 0.203 e. The van der Waals surface area contributed by atoms with E-state index in [1.165, 1.54) is 11.8 Å². The maximum atomic E-state index is 11.3. The molecule has 4 heterocycles. The van der Waals surface area contributed by atoms with Gasteiger partial charge in [-0.1, -0.05) is 30.3 Å². The summed E-state index contributed by atoms with van der Waals surface area (Å²) in [5.41, 5.74) is 6.25. The summed E-state index contributed by atoms with van der Waals surface area (Å²) >= 11 is 0. The van der Waals surface area contributed by atoms with E-state index in [4.69, 9.17) is 4.42 Å². The van der Waals surface area contributed by atoms with Gasteiger partial charge in [0.15, 0.2) is 0 Å². The zero-order valence-electron chi connectivity index (χ0n) is 22.0. The minimum atomic E-state index is -3.00. The first kappa shape index (κ1) is 25.7. The first-order valence-electron chi connectivity index (χ1n) is 13.0. The minimum absolute atomic E-state index is 0.0930. The van der Waals surface area contributed by atoms with Crippen LogP contribution in [0.1, 0.15) is 11.3 Å². The van der Waals surface area contributed by atoms with E-state index >= 15 is 0 Å². The quantitative estimate of drug-likeness (QED) is 0.247. The van der Waals surface area contributed by atoms with Gasteiger partial charge in [0.05, 0.1) is 36.3 Å². The number of benzene rings is 2. The summed E-state index contributed by atoms with van der Waals surface area (Å²) in [6, 6.07) is 20.4. The number of nitrogens with zero attached hydrogens (tertiary/aromatic N) is 3. The predicted octanol–water partition coefficient (Wildman–Crippen LogP) is 4.47. The van der Waals surface area contributed by atoms with Crippen LogP contribution in [-0.2, 0) is 22.9 Å². The zero-order valence-corrected chi connectivity index (χ0v) is 22.9. The number of rotatable bonds is 10. The van der Waals surface area contributed by atoms with Crippen molar-refractivity contribution in [3.05, 3.63) is 126 Å². The van der Waals surface area contributed by atoms with Crippen molar-refractivity contribution in [2.75, 3.05) is 28.8 Å². The molecule has 0 atom stereocenters. The molecule has 2 aliphatic rings. The average molecular weight is 555 g/mol. The highest BCUT2D eigenvalue weighted by molar-refractivity contribution is 7.90.